The lowest BCUT2D eigenvalue weighted by molar-refractivity contribution is 0.832. The van der Waals surface area contributed by atoms with Gasteiger partial charge in [0, 0.05) is 18.8 Å². The van der Waals surface area contributed by atoms with Crippen molar-refractivity contribution >= 4 is 29.2 Å². The third-order valence-electron chi connectivity index (χ3n) is 3.24. The number of hydrogen-bond acceptors (Lipinski definition) is 3. The van der Waals surface area contributed by atoms with Gasteiger partial charge in [0.2, 0.25) is 0 Å². The topological polar surface area (TPSA) is 53.6 Å². The standard InChI is InChI=1S/C17H20N4S/c1-2-21(13-15-6-4-3-5-7-15)16-10-8-14(9-11-16)12-19-20-17(18)22/h3-12H,2,13H2,1H3,(H3,18,20,22)/b19-12+. The van der Waals surface area contributed by atoms with Crippen molar-refractivity contribution in [1.29, 1.82) is 0 Å². The van der Waals surface area contributed by atoms with Crippen LogP contribution in [0.25, 0.3) is 0 Å². The van der Waals surface area contributed by atoms with Crippen molar-refractivity contribution in [3.05, 3.63) is 65.7 Å². The molecule has 2 aromatic carbocycles. The molecule has 114 valence electrons. The summed E-state index contributed by atoms with van der Waals surface area (Å²) in [5.74, 6) is 0. The molecule has 0 aliphatic rings. The number of hydrazone groups is 1. The lowest BCUT2D eigenvalue weighted by Gasteiger charge is -2.23. The van der Waals surface area contributed by atoms with E-state index in [4.69, 9.17) is 18.0 Å². The van der Waals surface area contributed by atoms with Crippen molar-refractivity contribution in [3.8, 4) is 0 Å². The van der Waals surface area contributed by atoms with Crippen molar-refractivity contribution in [1.82, 2.24) is 5.43 Å². The highest BCUT2D eigenvalue weighted by Gasteiger charge is 2.04. The predicted molar refractivity (Wildman–Crippen MR) is 97.1 cm³/mol. The molecule has 0 atom stereocenters. The van der Waals surface area contributed by atoms with Crippen molar-refractivity contribution < 1.29 is 0 Å². The Morgan fingerprint density at radius 1 is 1.18 bits per heavy atom. The maximum absolute atomic E-state index is 5.31. The summed E-state index contributed by atoms with van der Waals surface area (Å²) < 4.78 is 0. The second-order valence-corrected chi connectivity index (χ2v) is 5.27. The zero-order chi connectivity index (χ0) is 15.8. The summed E-state index contributed by atoms with van der Waals surface area (Å²) in [4.78, 5) is 2.32. The van der Waals surface area contributed by atoms with Crippen LogP contribution < -0.4 is 16.1 Å². The Kier molecular flexibility index (Phi) is 5.91. The Labute approximate surface area is 136 Å². The van der Waals surface area contributed by atoms with Gasteiger partial charge in [-0.3, -0.25) is 5.43 Å². The number of nitrogens with two attached hydrogens (primary N) is 1. The number of thiocarbonyl (C=S) groups is 1. The van der Waals surface area contributed by atoms with Gasteiger partial charge < -0.3 is 10.6 Å². The molecular weight excluding hydrogens is 292 g/mol. The Hall–Kier alpha value is -2.40. The van der Waals surface area contributed by atoms with Crippen LogP contribution in [0.4, 0.5) is 5.69 Å². The Balaban J connectivity index is 2.04. The molecule has 22 heavy (non-hydrogen) atoms. The zero-order valence-corrected chi connectivity index (χ0v) is 13.4. The molecule has 0 heterocycles. The molecule has 0 aromatic heterocycles. The van der Waals surface area contributed by atoms with Crippen LogP contribution in [0.1, 0.15) is 18.1 Å². The lowest BCUT2D eigenvalue weighted by atomic mass is 10.1. The molecule has 0 aliphatic carbocycles. The minimum absolute atomic E-state index is 0.160. The molecule has 0 saturated carbocycles. The van der Waals surface area contributed by atoms with Crippen LogP contribution in [0.3, 0.4) is 0 Å². The van der Waals surface area contributed by atoms with Crippen LogP contribution in [0.5, 0.6) is 0 Å². The van der Waals surface area contributed by atoms with Gasteiger partial charge in [-0.05, 0) is 42.4 Å². The number of rotatable bonds is 6. The molecule has 2 aromatic rings. The minimum Gasteiger partial charge on any atom is -0.375 e. The third-order valence-corrected chi connectivity index (χ3v) is 3.34. The molecule has 0 bridgehead atoms. The van der Waals surface area contributed by atoms with E-state index in [1.807, 2.05) is 18.2 Å². The van der Waals surface area contributed by atoms with Crippen molar-refractivity contribution in [2.24, 2.45) is 10.8 Å². The molecule has 0 amide bonds. The van der Waals surface area contributed by atoms with Gasteiger partial charge in [-0.25, -0.2) is 0 Å². The quantitative estimate of drug-likeness (QED) is 0.489. The minimum atomic E-state index is 0.160. The van der Waals surface area contributed by atoms with Crippen LogP contribution >= 0.6 is 12.2 Å². The van der Waals surface area contributed by atoms with E-state index in [9.17, 15) is 0 Å². The maximum Gasteiger partial charge on any atom is 0.184 e. The average molecular weight is 312 g/mol. The van der Waals surface area contributed by atoms with Gasteiger partial charge in [-0.1, -0.05) is 42.5 Å². The second kappa shape index (κ2) is 8.14. The molecule has 3 N–H and O–H groups in total. The van der Waals surface area contributed by atoms with Gasteiger partial charge in [-0.15, -0.1) is 0 Å². The van der Waals surface area contributed by atoms with E-state index in [1.165, 1.54) is 11.3 Å². The number of nitrogens with zero attached hydrogens (tertiary/aromatic N) is 2. The maximum atomic E-state index is 5.31. The molecule has 0 spiro atoms. The monoisotopic (exact) mass is 312 g/mol. The first-order valence-corrected chi connectivity index (χ1v) is 7.57. The first kappa shape index (κ1) is 16.0. The van der Waals surface area contributed by atoms with Gasteiger partial charge >= 0.3 is 0 Å². The van der Waals surface area contributed by atoms with Crippen molar-refractivity contribution in [2.45, 2.75) is 13.5 Å². The molecule has 5 heteroatoms. The summed E-state index contributed by atoms with van der Waals surface area (Å²) in [6.45, 7) is 4.00. The fourth-order valence-electron chi connectivity index (χ4n) is 2.13. The first-order chi connectivity index (χ1) is 10.7. The number of anilines is 1. The van der Waals surface area contributed by atoms with E-state index in [-0.39, 0.29) is 5.11 Å². The van der Waals surface area contributed by atoms with E-state index in [0.717, 1.165) is 18.7 Å². The second-order valence-electron chi connectivity index (χ2n) is 4.83. The predicted octanol–water partition coefficient (Wildman–Crippen LogP) is 2.88. The summed E-state index contributed by atoms with van der Waals surface area (Å²) in [5.41, 5.74) is 11.3. The SMILES string of the molecule is CCN(Cc1ccccc1)c1ccc(/C=N/NC(N)=S)cc1. The summed E-state index contributed by atoms with van der Waals surface area (Å²) in [7, 11) is 0. The van der Waals surface area contributed by atoms with Gasteiger partial charge in [0.1, 0.15) is 0 Å². The molecule has 0 aliphatic heterocycles. The number of nitrogens with one attached hydrogen (secondary N) is 1. The average Bonchev–Trinajstić information content (AvgIpc) is 2.54. The molecule has 2 rings (SSSR count). The number of hydrogen-bond donors (Lipinski definition) is 2. The summed E-state index contributed by atoms with van der Waals surface area (Å²) in [6, 6.07) is 18.7. The highest BCUT2D eigenvalue weighted by Crippen LogP contribution is 2.17. The van der Waals surface area contributed by atoms with Gasteiger partial charge in [0.15, 0.2) is 5.11 Å². The van der Waals surface area contributed by atoms with Crippen LogP contribution in [-0.4, -0.2) is 17.9 Å². The van der Waals surface area contributed by atoms with Crippen LogP contribution in [0, 0.1) is 0 Å². The van der Waals surface area contributed by atoms with Crippen molar-refractivity contribution in [2.75, 3.05) is 11.4 Å². The molecule has 0 unspecified atom stereocenters. The fraction of sp³-hybridized carbons (Fsp3) is 0.176. The van der Waals surface area contributed by atoms with Crippen LogP contribution in [0.2, 0.25) is 0 Å². The van der Waals surface area contributed by atoms with E-state index in [1.54, 1.807) is 6.21 Å². The van der Waals surface area contributed by atoms with Gasteiger partial charge in [0.25, 0.3) is 0 Å². The summed E-state index contributed by atoms with van der Waals surface area (Å²) in [5, 5.41) is 4.11. The summed E-state index contributed by atoms with van der Waals surface area (Å²) >= 11 is 4.69. The van der Waals surface area contributed by atoms with E-state index >= 15 is 0 Å². The molecular formula is C17H20N4S. The Morgan fingerprint density at radius 2 is 1.86 bits per heavy atom. The van der Waals surface area contributed by atoms with E-state index in [2.05, 4.69) is 58.7 Å². The van der Waals surface area contributed by atoms with Gasteiger partial charge in [-0.2, -0.15) is 5.10 Å². The van der Waals surface area contributed by atoms with E-state index < -0.39 is 0 Å². The van der Waals surface area contributed by atoms with Crippen molar-refractivity contribution in [3.63, 3.8) is 0 Å². The zero-order valence-electron chi connectivity index (χ0n) is 12.6. The highest BCUT2D eigenvalue weighted by atomic mass is 32.1. The smallest absolute Gasteiger partial charge is 0.184 e. The first-order valence-electron chi connectivity index (χ1n) is 7.16. The molecule has 0 fully saturated rings. The normalized spacial score (nSPS) is 10.6. The highest BCUT2D eigenvalue weighted by molar-refractivity contribution is 7.80. The largest absolute Gasteiger partial charge is 0.375 e. The fourth-order valence-corrected chi connectivity index (χ4v) is 2.18. The molecule has 0 saturated heterocycles. The molecule has 0 radical (unpaired) electrons. The Bertz CT molecular complexity index is 623. The lowest BCUT2D eigenvalue weighted by Crippen LogP contribution is -2.24. The third kappa shape index (κ3) is 4.86. The van der Waals surface area contributed by atoms with Crippen LogP contribution in [-0.2, 0) is 6.54 Å². The summed E-state index contributed by atoms with van der Waals surface area (Å²) in [6.07, 6.45) is 1.69. The Morgan fingerprint density at radius 3 is 2.45 bits per heavy atom. The molecule has 4 nitrogen and oxygen atoms in total. The number of benzene rings is 2. The van der Waals surface area contributed by atoms with Gasteiger partial charge in [0.05, 0.1) is 6.21 Å². The van der Waals surface area contributed by atoms with Crippen LogP contribution in [0.15, 0.2) is 59.7 Å². The van der Waals surface area contributed by atoms with E-state index in [0.29, 0.717) is 0 Å².